The number of carbonyl (C=O) groups excluding carboxylic acids is 1. The molecule has 4 atom stereocenters. The Morgan fingerprint density at radius 3 is 2.83 bits per heavy atom. The molecular weight excluding hydrogens is 366 g/mol. The molecule has 0 saturated carbocycles. The van der Waals surface area contributed by atoms with Gasteiger partial charge in [-0.05, 0) is 49.6 Å². The van der Waals surface area contributed by atoms with E-state index in [1.807, 2.05) is 42.2 Å². The summed E-state index contributed by atoms with van der Waals surface area (Å²) >= 11 is 0. The van der Waals surface area contributed by atoms with Crippen molar-refractivity contribution in [1.82, 2.24) is 24.8 Å². The lowest BCUT2D eigenvalue weighted by Gasteiger charge is -2.49. The Hall–Kier alpha value is -2.67. The van der Waals surface area contributed by atoms with Crippen molar-refractivity contribution in [2.75, 3.05) is 33.8 Å². The fourth-order valence-electron chi connectivity index (χ4n) is 4.67. The van der Waals surface area contributed by atoms with E-state index in [4.69, 9.17) is 4.74 Å². The van der Waals surface area contributed by atoms with Gasteiger partial charge in [0.05, 0.1) is 25.8 Å². The highest BCUT2D eigenvalue weighted by Gasteiger charge is 2.44. The van der Waals surface area contributed by atoms with Crippen LogP contribution >= 0.6 is 0 Å². The van der Waals surface area contributed by atoms with Gasteiger partial charge in [-0.1, -0.05) is 11.3 Å². The smallest absolute Gasteiger partial charge is 0.227 e. The predicted octanol–water partition coefficient (Wildman–Crippen LogP) is 2.31. The molecule has 0 spiro atoms. The van der Waals surface area contributed by atoms with E-state index in [-0.39, 0.29) is 11.8 Å². The minimum absolute atomic E-state index is 0.107. The van der Waals surface area contributed by atoms with E-state index in [0.29, 0.717) is 18.5 Å². The van der Waals surface area contributed by atoms with Crippen LogP contribution in [0.4, 0.5) is 0 Å². The number of nitrogens with zero attached hydrogens (tertiary/aromatic N) is 5. The van der Waals surface area contributed by atoms with Crippen LogP contribution in [0.5, 0.6) is 5.75 Å². The minimum atomic E-state index is 0.107. The van der Waals surface area contributed by atoms with Gasteiger partial charge in [-0.3, -0.25) is 14.4 Å². The lowest BCUT2D eigenvalue weighted by atomic mass is 9.75. The quantitative estimate of drug-likeness (QED) is 0.673. The number of benzene rings is 1. The lowest BCUT2D eigenvalue weighted by Crippen LogP contribution is -2.58. The van der Waals surface area contributed by atoms with Crippen molar-refractivity contribution < 1.29 is 9.53 Å². The van der Waals surface area contributed by atoms with E-state index >= 15 is 0 Å². The Kier molecular flexibility index (Phi) is 5.67. The summed E-state index contributed by atoms with van der Waals surface area (Å²) < 4.78 is 7.15. The molecule has 3 fully saturated rings. The molecule has 1 aromatic heterocycles. The molecule has 7 heteroatoms. The third kappa shape index (κ3) is 4.05. The van der Waals surface area contributed by atoms with Crippen LogP contribution in [0, 0.1) is 11.8 Å². The number of rotatable bonds is 7. The summed E-state index contributed by atoms with van der Waals surface area (Å²) in [4.78, 5) is 17.0. The molecule has 2 aromatic rings. The van der Waals surface area contributed by atoms with Gasteiger partial charge in [0.2, 0.25) is 5.91 Å². The van der Waals surface area contributed by atoms with E-state index in [9.17, 15) is 4.79 Å². The summed E-state index contributed by atoms with van der Waals surface area (Å²) in [6.07, 6.45) is 5.93. The summed E-state index contributed by atoms with van der Waals surface area (Å²) in [5, 5.41) is 8.68. The zero-order valence-electron chi connectivity index (χ0n) is 17.2. The summed E-state index contributed by atoms with van der Waals surface area (Å²) in [5.74, 6) is 1.64. The van der Waals surface area contributed by atoms with Crippen molar-refractivity contribution in [2.24, 2.45) is 11.8 Å². The molecule has 0 aliphatic carbocycles. The third-order valence-corrected chi connectivity index (χ3v) is 6.30. The molecule has 4 heterocycles. The summed E-state index contributed by atoms with van der Waals surface area (Å²) in [6, 6.07) is 8.26. The zero-order chi connectivity index (χ0) is 20.4. The van der Waals surface area contributed by atoms with E-state index in [2.05, 4.69) is 21.8 Å². The SMILES string of the molecule is C=CCN(C)C(=O)[C@H]1CN2CCC1C[C@@H]2Cn1cc(-c2ccc(OC)cc2)nn1. The van der Waals surface area contributed by atoms with Gasteiger partial charge in [-0.2, -0.15) is 0 Å². The molecule has 3 saturated heterocycles. The van der Waals surface area contributed by atoms with Crippen LogP contribution in [-0.2, 0) is 11.3 Å². The first-order chi connectivity index (χ1) is 14.1. The van der Waals surface area contributed by atoms with Crippen molar-refractivity contribution in [3.8, 4) is 17.0 Å². The van der Waals surface area contributed by atoms with E-state index in [0.717, 1.165) is 49.5 Å². The Balaban J connectivity index is 1.40. The molecule has 0 radical (unpaired) electrons. The highest BCUT2D eigenvalue weighted by atomic mass is 16.5. The Labute approximate surface area is 171 Å². The number of likely N-dealkylation sites (N-methyl/N-ethyl adjacent to an activating group) is 1. The molecule has 2 bridgehead atoms. The number of ether oxygens (including phenoxy) is 1. The number of piperidine rings is 3. The molecule has 7 nitrogen and oxygen atoms in total. The normalized spacial score (nSPS) is 25.6. The van der Waals surface area contributed by atoms with Gasteiger partial charge in [0.25, 0.3) is 0 Å². The minimum Gasteiger partial charge on any atom is -0.497 e. The maximum atomic E-state index is 12.8. The van der Waals surface area contributed by atoms with Crippen molar-refractivity contribution in [3.63, 3.8) is 0 Å². The largest absolute Gasteiger partial charge is 0.497 e. The molecule has 3 aliphatic heterocycles. The van der Waals surface area contributed by atoms with Crippen molar-refractivity contribution in [2.45, 2.75) is 25.4 Å². The number of hydrogen-bond acceptors (Lipinski definition) is 5. The molecule has 154 valence electrons. The first-order valence-electron chi connectivity index (χ1n) is 10.2. The van der Waals surface area contributed by atoms with Crippen molar-refractivity contribution in [1.29, 1.82) is 0 Å². The van der Waals surface area contributed by atoms with Crippen LogP contribution in [0.1, 0.15) is 12.8 Å². The number of fused-ring (bicyclic) bond motifs is 3. The van der Waals surface area contributed by atoms with E-state index in [1.165, 1.54) is 0 Å². The zero-order valence-corrected chi connectivity index (χ0v) is 17.2. The first kappa shape index (κ1) is 19.6. The van der Waals surface area contributed by atoms with Crippen LogP contribution in [0.25, 0.3) is 11.3 Å². The molecular formula is C22H29N5O2. The third-order valence-electron chi connectivity index (χ3n) is 6.30. The Morgan fingerprint density at radius 1 is 1.38 bits per heavy atom. The van der Waals surface area contributed by atoms with Gasteiger partial charge < -0.3 is 9.64 Å². The maximum absolute atomic E-state index is 12.8. The summed E-state index contributed by atoms with van der Waals surface area (Å²) in [6.45, 7) is 7.06. The van der Waals surface area contributed by atoms with Crippen LogP contribution in [0.3, 0.4) is 0 Å². The van der Waals surface area contributed by atoms with Gasteiger partial charge >= 0.3 is 0 Å². The second kappa shape index (κ2) is 8.37. The molecule has 1 aromatic carbocycles. The van der Waals surface area contributed by atoms with E-state index < -0.39 is 0 Å². The highest BCUT2D eigenvalue weighted by Crippen LogP contribution is 2.37. The number of carbonyl (C=O) groups is 1. The Bertz CT molecular complexity index is 862. The van der Waals surface area contributed by atoms with Gasteiger partial charge in [-0.25, -0.2) is 0 Å². The summed E-state index contributed by atoms with van der Waals surface area (Å²) in [7, 11) is 3.53. The van der Waals surface area contributed by atoms with Crippen LogP contribution in [0.2, 0.25) is 0 Å². The standard InChI is InChI=1S/C22H29N5O2/c1-4-10-25(2)22(28)20-14-26-11-9-17(20)12-18(26)13-27-15-21(23-24-27)16-5-7-19(29-3)8-6-16/h4-8,15,17-18,20H,1,9-14H2,2-3H3/t17?,18-,20+/m1/s1. The van der Waals surface area contributed by atoms with Crippen LogP contribution < -0.4 is 4.74 Å². The molecule has 29 heavy (non-hydrogen) atoms. The number of hydrogen-bond donors (Lipinski definition) is 0. The van der Waals surface area contributed by atoms with Gasteiger partial charge in [0.15, 0.2) is 0 Å². The average molecular weight is 396 g/mol. The molecule has 3 aliphatic rings. The lowest BCUT2D eigenvalue weighted by molar-refractivity contribution is -0.142. The second-order valence-corrected chi connectivity index (χ2v) is 8.10. The fourth-order valence-corrected chi connectivity index (χ4v) is 4.67. The van der Waals surface area contributed by atoms with Crippen LogP contribution in [-0.4, -0.2) is 70.5 Å². The predicted molar refractivity (Wildman–Crippen MR) is 111 cm³/mol. The van der Waals surface area contributed by atoms with Gasteiger partial charge in [0, 0.05) is 31.7 Å². The highest BCUT2D eigenvalue weighted by molar-refractivity contribution is 5.79. The van der Waals surface area contributed by atoms with E-state index in [1.54, 1.807) is 18.1 Å². The molecule has 2 unspecified atom stereocenters. The van der Waals surface area contributed by atoms with Crippen molar-refractivity contribution >= 4 is 5.91 Å². The number of aromatic nitrogens is 3. The molecule has 5 rings (SSSR count). The Morgan fingerprint density at radius 2 is 2.17 bits per heavy atom. The van der Waals surface area contributed by atoms with Gasteiger partial charge in [0.1, 0.15) is 11.4 Å². The fraction of sp³-hybridized carbons (Fsp3) is 0.500. The average Bonchev–Trinajstić information content (AvgIpc) is 3.22. The number of methoxy groups -OCH3 is 1. The first-order valence-corrected chi connectivity index (χ1v) is 10.2. The topological polar surface area (TPSA) is 63.5 Å². The second-order valence-electron chi connectivity index (χ2n) is 8.10. The number of amides is 1. The maximum Gasteiger partial charge on any atom is 0.227 e. The molecule has 0 N–H and O–H groups in total. The van der Waals surface area contributed by atoms with Gasteiger partial charge in [-0.15, -0.1) is 11.7 Å². The molecule has 1 amide bonds. The monoisotopic (exact) mass is 395 g/mol. The van der Waals surface area contributed by atoms with Crippen LogP contribution in [0.15, 0.2) is 43.1 Å². The van der Waals surface area contributed by atoms with Crippen molar-refractivity contribution in [3.05, 3.63) is 43.1 Å². The summed E-state index contributed by atoms with van der Waals surface area (Å²) in [5.41, 5.74) is 1.89.